The second-order valence-corrected chi connectivity index (χ2v) is 5.89. The van der Waals surface area contributed by atoms with Crippen LogP contribution in [0, 0.1) is 0 Å². The number of rotatable bonds is 6. The molecule has 0 saturated heterocycles. The number of sulfone groups is 1. The average Bonchev–Trinajstić information content (AvgIpc) is 2.58. The van der Waals surface area contributed by atoms with E-state index < -0.39 is 9.84 Å². The Labute approximate surface area is 90.2 Å². The number of nitrogens with two attached hydrogens (primary N) is 1. The van der Waals surface area contributed by atoms with Gasteiger partial charge in [0.15, 0.2) is 0 Å². The summed E-state index contributed by atoms with van der Waals surface area (Å²) in [7, 11) is -2.91. The van der Waals surface area contributed by atoms with Gasteiger partial charge in [-0.3, -0.25) is 4.68 Å². The highest BCUT2D eigenvalue weighted by atomic mass is 32.2. The molecule has 6 heteroatoms. The van der Waals surface area contributed by atoms with Crippen LogP contribution in [0.3, 0.4) is 0 Å². The molecule has 0 aliphatic heterocycles. The molecule has 0 unspecified atom stereocenters. The van der Waals surface area contributed by atoms with E-state index in [-0.39, 0.29) is 5.75 Å². The van der Waals surface area contributed by atoms with Crippen molar-refractivity contribution in [1.29, 1.82) is 0 Å². The maximum absolute atomic E-state index is 10.9. The van der Waals surface area contributed by atoms with Crippen molar-refractivity contribution < 1.29 is 8.42 Å². The molecule has 1 rings (SSSR count). The fourth-order valence-electron chi connectivity index (χ4n) is 1.22. The van der Waals surface area contributed by atoms with E-state index in [1.165, 1.54) is 6.26 Å². The minimum atomic E-state index is -2.91. The Balaban J connectivity index is 2.46. The first-order chi connectivity index (χ1) is 7.01. The Kier molecular flexibility index (Phi) is 4.28. The normalized spacial score (nSPS) is 11.9. The van der Waals surface area contributed by atoms with Gasteiger partial charge in [0.2, 0.25) is 0 Å². The molecule has 2 N–H and O–H groups in total. The summed E-state index contributed by atoms with van der Waals surface area (Å²) in [5, 5.41) is 4.08. The minimum absolute atomic E-state index is 0.130. The molecule has 0 amide bonds. The highest BCUT2D eigenvalue weighted by Gasteiger charge is 2.03. The molecule has 5 nitrogen and oxygen atoms in total. The van der Waals surface area contributed by atoms with Crippen LogP contribution in [-0.4, -0.2) is 36.8 Å². The molecule has 15 heavy (non-hydrogen) atoms. The number of aromatic nitrogens is 2. The van der Waals surface area contributed by atoms with E-state index >= 15 is 0 Å². The third-order valence-electron chi connectivity index (χ3n) is 2.05. The van der Waals surface area contributed by atoms with E-state index in [0.717, 1.165) is 18.4 Å². The van der Waals surface area contributed by atoms with Crippen molar-refractivity contribution in [2.75, 3.05) is 18.6 Å². The van der Waals surface area contributed by atoms with Gasteiger partial charge in [0.1, 0.15) is 9.84 Å². The van der Waals surface area contributed by atoms with E-state index in [9.17, 15) is 8.42 Å². The van der Waals surface area contributed by atoms with Crippen molar-refractivity contribution in [2.24, 2.45) is 5.73 Å². The Bertz CT molecular complexity index is 397. The van der Waals surface area contributed by atoms with Crippen LogP contribution in [0.15, 0.2) is 12.4 Å². The predicted octanol–water partition coefficient (Wildman–Crippen LogP) is -0.181. The van der Waals surface area contributed by atoms with Gasteiger partial charge in [0.05, 0.1) is 18.5 Å². The third-order valence-corrected chi connectivity index (χ3v) is 2.97. The largest absolute Gasteiger partial charge is 0.330 e. The Morgan fingerprint density at radius 3 is 2.87 bits per heavy atom. The first-order valence-electron chi connectivity index (χ1n) is 4.90. The maximum atomic E-state index is 10.9. The molecule has 1 aromatic rings. The van der Waals surface area contributed by atoms with Crippen LogP contribution in [-0.2, 0) is 22.8 Å². The summed E-state index contributed by atoms with van der Waals surface area (Å²) < 4.78 is 23.5. The molecule has 0 aliphatic carbocycles. The van der Waals surface area contributed by atoms with Crippen LogP contribution >= 0.6 is 0 Å². The first-order valence-corrected chi connectivity index (χ1v) is 6.96. The second-order valence-electron chi connectivity index (χ2n) is 3.63. The van der Waals surface area contributed by atoms with E-state index in [1.54, 1.807) is 10.9 Å². The predicted molar refractivity (Wildman–Crippen MR) is 59.3 cm³/mol. The molecular formula is C9H17N3O2S. The van der Waals surface area contributed by atoms with Crippen LogP contribution in [0.5, 0.6) is 0 Å². The Hall–Kier alpha value is -0.880. The molecule has 0 aliphatic rings. The Morgan fingerprint density at radius 2 is 2.27 bits per heavy atom. The molecule has 0 fully saturated rings. The second kappa shape index (κ2) is 5.27. The van der Waals surface area contributed by atoms with Gasteiger partial charge in [-0.2, -0.15) is 5.10 Å². The van der Waals surface area contributed by atoms with Gasteiger partial charge in [-0.15, -0.1) is 0 Å². The van der Waals surface area contributed by atoms with Gasteiger partial charge < -0.3 is 5.73 Å². The lowest BCUT2D eigenvalue weighted by atomic mass is 10.2. The molecular weight excluding hydrogens is 214 g/mol. The summed E-state index contributed by atoms with van der Waals surface area (Å²) >= 11 is 0. The van der Waals surface area contributed by atoms with E-state index in [0.29, 0.717) is 13.1 Å². The van der Waals surface area contributed by atoms with Crippen molar-refractivity contribution in [3.05, 3.63) is 18.0 Å². The SMILES string of the molecule is CS(=O)(=O)CCn1cc(CCCN)cn1. The van der Waals surface area contributed by atoms with Gasteiger partial charge in [-0.25, -0.2) is 8.42 Å². The smallest absolute Gasteiger partial charge is 0.149 e. The van der Waals surface area contributed by atoms with Crippen LogP contribution < -0.4 is 5.73 Å². The van der Waals surface area contributed by atoms with Gasteiger partial charge >= 0.3 is 0 Å². The molecule has 1 heterocycles. The monoisotopic (exact) mass is 231 g/mol. The molecule has 0 bridgehead atoms. The third kappa shape index (κ3) is 4.94. The molecule has 1 aromatic heterocycles. The Morgan fingerprint density at radius 1 is 1.53 bits per heavy atom. The van der Waals surface area contributed by atoms with Crippen molar-refractivity contribution in [3.8, 4) is 0 Å². The molecule has 0 saturated carbocycles. The summed E-state index contributed by atoms with van der Waals surface area (Å²) in [6.07, 6.45) is 6.69. The van der Waals surface area contributed by atoms with E-state index in [2.05, 4.69) is 5.10 Å². The number of aryl methyl sites for hydroxylation is 2. The maximum Gasteiger partial charge on any atom is 0.149 e. The number of hydrogen-bond acceptors (Lipinski definition) is 4. The molecule has 0 spiro atoms. The zero-order valence-corrected chi connectivity index (χ0v) is 9.70. The lowest BCUT2D eigenvalue weighted by molar-refractivity contribution is 0.586. The zero-order valence-electron chi connectivity index (χ0n) is 8.89. The molecule has 0 radical (unpaired) electrons. The lowest BCUT2D eigenvalue weighted by Gasteiger charge is -1.98. The summed E-state index contributed by atoms with van der Waals surface area (Å²) in [6, 6.07) is 0. The molecule has 0 atom stereocenters. The molecule has 86 valence electrons. The van der Waals surface area contributed by atoms with Crippen molar-refractivity contribution in [3.63, 3.8) is 0 Å². The molecule has 0 aromatic carbocycles. The van der Waals surface area contributed by atoms with Crippen LogP contribution in [0.4, 0.5) is 0 Å². The van der Waals surface area contributed by atoms with Gasteiger partial charge in [0, 0.05) is 12.5 Å². The van der Waals surface area contributed by atoms with E-state index in [4.69, 9.17) is 5.73 Å². The van der Waals surface area contributed by atoms with Gasteiger partial charge in [0.25, 0.3) is 0 Å². The van der Waals surface area contributed by atoms with Crippen LogP contribution in [0.1, 0.15) is 12.0 Å². The topological polar surface area (TPSA) is 78.0 Å². The lowest BCUT2D eigenvalue weighted by Crippen LogP contribution is -2.11. The summed E-state index contributed by atoms with van der Waals surface area (Å²) in [4.78, 5) is 0. The standard InChI is InChI=1S/C9H17N3O2S/c1-15(13,14)6-5-12-8-9(7-11-12)3-2-4-10/h7-8H,2-6,10H2,1H3. The van der Waals surface area contributed by atoms with Crippen molar-refractivity contribution in [2.45, 2.75) is 19.4 Å². The number of hydrogen-bond donors (Lipinski definition) is 1. The van der Waals surface area contributed by atoms with Gasteiger partial charge in [-0.05, 0) is 24.9 Å². The highest BCUT2D eigenvalue weighted by molar-refractivity contribution is 7.90. The van der Waals surface area contributed by atoms with Crippen molar-refractivity contribution in [1.82, 2.24) is 9.78 Å². The van der Waals surface area contributed by atoms with Crippen LogP contribution in [0.2, 0.25) is 0 Å². The average molecular weight is 231 g/mol. The summed E-state index contributed by atoms with van der Waals surface area (Å²) in [5.41, 5.74) is 6.50. The van der Waals surface area contributed by atoms with Crippen LogP contribution in [0.25, 0.3) is 0 Å². The summed E-state index contributed by atoms with van der Waals surface area (Å²) in [5.74, 6) is 0.130. The van der Waals surface area contributed by atoms with E-state index in [1.807, 2.05) is 6.20 Å². The van der Waals surface area contributed by atoms with Gasteiger partial charge in [-0.1, -0.05) is 0 Å². The first kappa shape index (κ1) is 12.2. The fraction of sp³-hybridized carbons (Fsp3) is 0.667. The highest BCUT2D eigenvalue weighted by Crippen LogP contribution is 2.01. The van der Waals surface area contributed by atoms with Crippen molar-refractivity contribution >= 4 is 9.84 Å². The zero-order chi connectivity index (χ0) is 11.3. The fourth-order valence-corrected chi connectivity index (χ4v) is 1.74. The quantitative estimate of drug-likeness (QED) is 0.736. The number of nitrogens with zero attached hydrogens (tertiary/aromatic N) is 2. The minimum Gasteiger partial charge on any atom is -0.330 e. The summed E-state index contributed by atoms with van der Waals surface area (Å²) in [6.45, 7) is 1.08.